The number of aliphatic imine (C=N–C) groups is 2. The van der Waals surface area contributed by atoms with Crippen molar-refractivity contribution < 1.29 is 16.8 Å². The monoisotopic (exact) mass is 420 g/mol. The molecule has 0 aliphatic heterocycles. The molecule has 0 radical (unpaired) electrons. The fourth-order valence-corrected chi connectivity index (χ4v) is 3.87. The van der Waals surface area contributed by atoms with Gasteiger partial charge in [-0.15, -0.1) is 0 Å². The smallest absolute Gasteiger partial charge is 0.192 e. The normalized spacial score (nSPS) is 13.8. The van der Waals surface area contributed by atoms with Crippen LogP contribution in [0.25, 0.3) is 6.08 Å². The molecule has 0 heterocycles. The standard InChI is InChI=1S/C16H8N2O4S4/c19-25(20)15-12(7-6-11-4-2-1-3-5-11)8-13(17-9-23)14(18-10-24)16(15)26(21)22/h1-8H. The third-order valence-corrected chi connectivity index (χ3v) is 4.95. The lowest BCUT2D eigenvalue weighted by molar-refractivity contribution is 0.625. The van der Waals surface area contributed by atoms with Gasteiger partial charge in [0.25, 0.3) is 0 Å². The van der Waals surface area contributed by atoms with Crippen LogP contribution < -0.4 is 0 Å². The highest BCUT2D eigenvalue weighted by atomic mass is 32.2. The maximum atomic E-state index is 11.7. The summed E-state index contributed by atoms with van der Waals surface area (Å²) in [5.41, 5.74) is 0.648. The molecule has 0 bridgehead atoms. The summed E-state index contributed by atoms with van der Waals surface area (Å²) in [4.78, 5) is 6.40. The average molecular weight is 421 g/mol. The Morgan fingerprint density at radius 2 is 1.46 bits per heavy atom. The zero-order valence-corrected chi connectivity index (χ0v) is 16.0. The van der Waals surface area contributed by atoms with E-state index >= 15 is 0 Å². The van der Waals surface area contributed by atoms with Crippen LogP contribution in [0.2, 0.25) is 0 Å². The molecule has 0 fully saturated rings. The van der Waals surface area contributed by atoms with Crippen LogP contribution in [0.4, 0.5) is 0 Å². The molecule has 1 aliphatic rings. The zero-order chi connectivity index (χ0) is 19.1. The summed E-state index contributed by atoms with van der Waals surface area (Å²) in [5, 5.41) is 4.12. The van der Waals surface area contributed by atoms with Gasteiger partial charge >= 0.3 is 0 Å². The molecule has 2 rings (SSSR count). The molecule has 0 spiro atoms. The second kappa shape index (κ2) is 9.21. The van der Waals surface area contributed by atoms with Crippen molar-refractivity contribution in [2.75, 3.05) is 0 Å². The molecule has 1 aromatic carbocycles. The summed E-state index contributed by atoms with van der Waals surface area (Å²) >= 11 is 9.06. The highest BCUT2D eigenvalue weighted by Crippen LogP contribution is 2.23. The Labute approximate surface area is 162 Å². The number of hydrogen-bond donors (Lipinski definition) is 0. The number of nitrogens with zero attached hydrogens (tertiary/aromatic N) is 2. The van der Waals surface area contributed by atoms with Crippen LogP contribution in [0.1, 0.15) is 5.56 Å². The lowest BCUT2D eigenvalue weighted by Gasteiger charge is -2.13. The minimum Gasteiger partial charge on any atom is -0.192 e. The van der Waals surface area contributed by atoms with Gasteiger partial charge in [0, 0.05) is 5.57 Å². The Bertz CT molecular complexity index is 1210. The van der Waals surface area contributed by atoms with Gasteiger partial charge in [0.2, 0.25) is 20.6 Å². The first-order chi connectivity index (χ1) is 12.5. The quantitative estimate of drug-likeness (QED) is 0.547. The molecular formula is C16H8N2O4S4. The van der Waals surface area contributed by atoms with Crippen molar-refractivity contribution in [3.8, 4) is 0 Å². The van der Waals surface area contributed by atoms with E-state index in [9.17, 15) is 16.8 Å². The van der Waals surface area contributed by atoms with Crippen molar-refractivity contribution in [3.05, 3.63) is 65.0 Å². The average Bonchev–Trinajstić information content (AvgIpc) is 2.61. The van der Waals surface area contributed by atoms with E-state index in [2.05, 4.69) is 39.6 Å². The van der Waals surface area contributed by atoms with Crippen LogP contribution in [0.5, 0.6) is 0 Å². The molecule has 6 nitrogen and oxygen atoms in total. The number of hydrogen-bond acceptors (Lipinski definition) is 8. The largest absolute Gasteiger partial charge is 0.225 e. The first kappa shape index (κ1) is 19.7. The summed E-state index contributed by atoms with van der Waals surface area (Å²) in [6.07, 6.45) is 4.44. The van der Waals surface area contributed by atoms with Gasteiger partial charge in [-0.1, -0.05) is 42.5 Å². The van der Waals surface area contributed by atoms with E-state index in [1.165, 1.54) is 12.2 Å². The Kier molecular flexibility index (Phi) is 6.99. The Morgan fingerprint density at radius 1 is 0.846 bits per heavy atom. The molecule has 0 saturated carbocycles. The fourth-order valence-electron chi connectivity index (χ4n) is 2.12. The van der Waals surface area contributed by atoms with Crippen molar-refractivity contribution >= 4 is 71.1 Å². The Hall–Kier alpha value is -2.58. The van der Waals surface area contributed by atoms with E-state index in [0.717, 1.165) is 5.56 Å². The molecule has 10 heteroatoms. The number of thiocarbonyl (C=S) groups is 2. The molecule has 130 valence electrons. The van der Waals surface area contributed by atoms with Gasteiger partial charge in [0.1, 0.15) is 21.1 Å². The number of rotatable bonds is 4. The minimum absolute atomic E-state index is 0.0125. The number of allylic oxidation sites excluding steroid dienone is 4. The Morgan fingerprint density at radius 3 is 2.00 bits per heavy atom. The second-order valence-corrected chi connectivity index (χ2v) is 6.73. The third kappa shape index (κ3) is 4.53. The van der Waals surface area contributed by atoms with E-state index in [4.69, 9.17) is 0 Å². The number of isothiocyanates is 2. The molecule has 0 saturated heterocycles. The molecule has 0 atom stereocenters. The van der Waals surface area contributed by atoms with Crippen molar-refractivity contribution in [2.24, 2.45) is 9.98 Å². The summed E-state index contributed by atoms with van der Waals surface area (Å²) in [6, 6.07) is 9.06. The molecule has 0 aromatic heterocycles. The topological polar surface area (TPSA) is 93.0 Å². The van der Waals surface area contributed by atoms with Gasteiger partial charge in [-0.3, -0.25) is 0 Å². The maximum Gasteiger partial charge on any atom is 0.225 e. The first-order valence-electron chi connectivity index (χ1n) is 6.78. The lowest BCUT2D eigenvalue weighted by Crippen LogP contribution is -2.24. The SMILES string of the molecule is O=S(=O)=C1C(C=Cc2ccccc2)=CC(N=C=S)=C(N=C=S)C1=S(=O)=O. The van der Waals surface area contributed by atoms with E-state index in [-0.39, 0.29) is 17.0 Å². The van der Waals surface area contributed by atoms with E-state index in [1.54, 1.807) is 18.2 Å². The lowest BCUT2D eigenvalue weighted by atomic mass is 9.99. The zero-order valence-electron chi connectivity index (χ0n) is 12.8. The van der Waals surface area contributed by atoms with Crippen LogP contribution in [0.3, 0.4) is 0 Å². The van der Waals surface area contributed by atoms with Gasteiger partial charge < -0.3 is 0 Å². The summed E-state index contributed by atoms with van der Waals surface area (Å²) in [7, 11) is -5.79. The molecular weight excluding hydrogens is 412 g/mol. The van der Waals surface area contributed by atoms with Gasteiger partial charge in [-0.25, -0.2) is 0 Å². The first-order valence-corrected chi connectivity index (χ1v) is 9.74. The minimum atomic E-state index is -2.93. The summed E-state index contributed by atoms with van der Waals surface area (Å²) in [5.74, 6) is 0. The highest BCUT2D eigenvalue weighted by molar-refractivity contribution is 7.83. The maximum absolute atomic E-state index is 11.7. The molecule has 0 amide bonds. The molecule has 0 N–H and O–H groups in total. The second-order valence-electron chi connectivity index (χ2n) is 4.61. The van der Waals surface area contributed by atoms with Gasteiger partial charge in [-0.2, -0.15) is 26.8 Å². The highest BCUT2D eigenvalue weighted by Gasteiger charge is 2.28. The van der Waals surface area contributed by atoms with E-state index < -0.39 is 30.3 Å². The van der Waals surface area contributed by atoms with Crippen LogP contribution in [0.15, 0.2) is 69.4 Å². The van der Waals surface area contributed by atoms with Gasteiger partial charge in [-0.05, 0) is 36.1 Å². The molecule has 26 heavy (non-hydrogen) atoms. The van der Waals surface area contributed by atoms with E-state index in [0.29, 0.717) is 0 Å². The Balaban J connectivity index is 2.85. The van der Waals surface area contributed by atoms with Crippen LogP contribution in [-0.2, 0) is 20.6 Å². The van der Waals surface area contributed by atoms with Crippen LogP contribution in [0, 0.1) is 0 Å². The van der Waals surface area contributed by atoms with Gasteiger partial charge in [0.15, 0.2) is 0 Å². The van der Waals surface area contributed by atoms with E-state index in [1.807, 2.05) is 23.4 Å². The predicted octanol–water partition coefficient (Wildman–Crippen LogP) is 2.16. The fraction of sp³-hybridized carbons (Fsp3) is 0. The molecule has 1 aliphatic carbocycles. The van der Waals surface area contributed by atoms with Crippen molar-refractivity contribution in [1.29, 1.82) is 0 Å². The molecule has 0 unspecified atom stereocenters. The summed E-state index contributed by atoms with van der Waals surface area (Å²) < 4.78 is 46.8. The van der Waals surface area contributed by atoms with Gasteiger partial charge in [0.05, 0.1) is 10.3 Å². The van der Waals surface area contributed by atoms with Crippen molar-refractivity contribution in [3.63, 3.8) is 0 Å². The van der Waals surface area contributed by atoms with Crippen molar-refractivity contribution in [1.82, 2.24) is 0 Å². The van der Waals surface area contributed by atoms with Crippen LogP contribution in [-0.4, -0.2) is 36.9 Å². The number of benzene rings is 1. The van der Waals surface area contributed by atoms with Crippen LogP contribution >= 0.6 is 24.4 Å². The summed E-state index contributed by atoms with van der Waals surface area (Å²) in [6.45, 7) is 0. The van der Waals surface area contributed by atoms with Crippen molar-refractivity contribution in [2.45, 2.75) is 0 Å². The predicted molar refractivity (Wildman–Crippen MR) is 108 cm³/mol. The third-order valence-electron chi connectivity index (χ3n) is 3.13. The molecule has 1 aromatic rings.